The molecule has 0 radical (unpaired) electrons. The number of hydrogen-bond acceptors (Lipinski definition) is 6. The number of aryl methyl sites for hydroxylation is 6. The van der Waals surface area contributed by atoms with Crippen molar-refractivity contribution in [3.8, 4) is 34.5 Å². The van der Waals surface area contributed by atoms with E-state index in [1.807, 2.05) is 26.0 Å². The second-order valence-electron chi connectivity index (χ2n) is 26.3. The quantitative estimate of drug-likeness (QED) is 0.166. The first-order chi connectivity index (χ1) is 40.9. The van der Waals surface area contributed by atoms with Crippen molar-refractivity contribution in [3.05, 3.63) is 172 Å². The van der Waals surface area contributed by atoms with Gasteiger partial charge in [0.25, 0.3) is 5.92 Å². The van der Waals surface area contributed by atoms with Gasteiger partial charge in [0.2, 0.25) is 0 Å². The average molecular weight is 1200 g/mol. The Hall–Kier alpha value is -5.73. The number of alkyl halides is 2. The van der Waals surface area contributed by atoms with Gasteiger partial charge in [-0.15, -0.1) is 0 Å². The van der Waals surface area contributed by atoms with Crippen molar-refractivity contribution in [2.45, 2.75) is 230 Å². The van der Waals surface area contributed by atoms with Crippen LogP contribution in [0, 0.1) is 34.6 Å². The van der Waals surface area contributed by atoms with Gasteiger partial charge in [0, 0.05) is 5.02 Å². The molecular weight excluding hydrogens is 1090 g/mol. The summed E-state index contributed by atoms with van der Waals surface area (Å²) in [5, 5.41) is 0.834. The van der Waals surface area contributed by atoms with Crippen LogP contribution in [0.2, 0.25) is 5.02 Å². The van der Waals surface area contributed by atoms with Crippen LogP contribution < -0.4 is 28.4 Å². The minimum atomic E-state index is -2.74. The zero-order valence-electron chi connectivity index (χ0n) is 55.5. The molecular formula is C77H103ClF2O6. The molecule has 6 nitrogen and oxygen atoms in total. The number of rotatable bonds is 6. The minimum absolute atomic E-state index is 0.0416. The largest absolute Gasteiger partial charge is 0.493 e. The van der Waals surface area contributed by atoms with Crippen LogP contribution in [0.3, 0.4) is 0 Å². The first kappa shape index (κ1) is 67.8. The van der Waals surface area contributed by atoms with Crippen molar-refractivity contribution in [1.82, 2.24) is 0 Å². The Balaban J connectivity index is 0.000000148. The molecule has 0 spiro atoms. The van der Waals surface area contributed by atoms with E-state index in [0.29, 0.717) is 35.3 Å². The summed E-state index contributed by atoms with van der Waals surface area (Å²) in [5.74, 6) is 6.27. The first-order valence-electron chi connectivity index (χ1n) is 32.5. The van der Waals surface area contributed by atoms with E-state index in [2.05, 4.69) is 152 Å². The van der Waals surface area contributed by atoms with E-state index in [0.717, 1.165) is 111 Å². The lowest BCUT2D eigenvalue weighted by atomic mass is 9.89. The van der Waals surface area contributed by atoms with Crippen LogP contribution in [0.4, 0.5) is 8.78 Å². The van der Waals surface area contributed by atoms with Gasteiger partial charge in [0.15, 0.2) is 0 Å². The van der Waals surface area contributed by atoms with Crippen molar-refractivity contribution < 1.29 is 37.2 Å². The van der Waals surface area contributed by atoms with Crippen molar-refractivity contribution in [3.63, 3.8) is 0 Å². The van der Waals surface area contributed by atoms with Gasteiger partial charge < -0.3 is 28.4 Å². The fourth-order valence-corrected chi connectivity index (χ4v) is 12.9. The first-order valence-corrected chi connectivity index (χ1v) is 32.9. The highest BCUT2D eigenvalue weighted by atomic mass is 35.5. The molecule has 0 saturated heterocycles. The third kappa shape index (κ3) is 17.3. The summed E-state index contributed by atoms with van der Waals surface area (Å²) in [5.41, 5.74) is 21.9. The Morgan fingerprint density at radius 2 is 0.767 bits per heavy atom. The van der Waals surface area contributed by atoms with E-state index >= 15 is 0 Å². The molecule has 86 heavy (non-hydrogen) atoms. The molecule has 0 N–H and O–H groups in total. The number of benzene rings is 6. The average Bonchev–Trinajstić information content (AvgIpc) is 1.25. The van der Waals surface area contributed by atoms with Crippen LogP contribution in [0.15, 0.2) is 72.8 Å². The molecule has 0 saturated carbocycles. The van der Waals surface area contributed by atoms with Gasteiger partial charge in [-0.3, -0.25) is 0 Å². The molecule has 6 aromatic rings. The fraction of sp³-hybridized carbons (Fsp3) is 0.532. The number of halogens is 3. The lowest BCUT2D eigenvalue weighted by Gasteiger charge is -2.26. The maximum absolute atomic E-state index is 13.6. The second-order valence-corrected chi connectivity index (χ2v) is 26.7. The van der Waals surface area contributed by atoms with E-state index in [1.165, 1.54) is 109 Å². The van der Waals surface area contributed by atoms with E-state index in [4.69, 9.17) is 40.0 Å². The molecule has 6 heterocycles. The van der Waals surface area contributed by atoms with Crippen molar-refractivity contribution in [2.75, 3.05) is 39.6 Å². The molecule has 12 rings (SSSR count). The van der Waals surface area contributed by atoms with Gasteiger partial charge in [-0.1, -0.05) is 137 Å². The van der Waals surface area contributed by atoms with Crippen LogP contribution in [0.5, 0.6) is 34.5 Å². The van der Waals surface area contributed by atoms with Crippen LogP contribution in [-0.2, 0) is 38.0 Å². The van der Waals surface area contributed by atoms with Gasteiger partial charge in [0.05, 0.1) is 51.6 Å². The zero-order chi connectivity index (χ0) is 62.6. The topological polar surface area (TPSA) is 55.4 Å². The maximum Gasteiger partial charge on any atom is 0.280 e. The molecule has 0 aliphatic carbocycles. The highest BCUT2D eigenvalue weighted by Gasteiger charge is 2.38. The lowest BCUT2D eigenvalue weighted by molar-refractivity contribution is -0.0405. The molecule has 9 heteroatoms. The van der Waals surface area contributed by atoms with E-state index in [9.17, 15) is 8.78 Å². The summed E-state index contributed by atoms with van der Waals surface area (Å²) in [4.78, 5) is 0. The molecule has 6 aromatic carbocycles. The molecule has 6 aliphatic rings. The Morgan fingerprint density at radius 3 is 1.24 bits per heavy atom. The minimum Gasteiger partial charge on any atom is -0.493 e. The molecule has 0 bridgehead atoms. The second kappa shape index (κ2) is 30.9. The summed E-state index contributed by atoms with van der Waals surface area (Å²) in [6.07, 6.45) is 11.4. The number of ether oxygens (including phenoxy) is 6. The molecule has 0 amide bonds. The van der Waals surface area contributed by atoms with Crippen LogP contribution in [0.25, 0.3) is 0 Å². The van der Waals surface area contributed by atoms with Gasteiger partial charge in [0.1, 0.15) is 34.5 Å². The number of fused-ring (bicyclic) bond motifs is 6. The van der Waals surface area contributed by atoms with E-state index in [1.54, 1.807) is 12.1 Å². The normalized spacial score (nSPS) is 15.7. The predicted octanol–water partition coefficient (Wildman–Crippen LogP) is 21.6. The summed E-state index contributed by atoms with van der Waals surface area (Å²) in [7, 11) is 0. The van der Waals surface area contributed by atoms with Crippen molar-refractivity contribution >= 4 is 11.6 Å². The maximum atomic E-state index is 13.6. The SMILES string of the molecule is CC(C)c1cc2c(cc1Cl)OCCC2.CC(C)c1ccc2c(c1)C(F)(F)CCO2.CC(C)c1ccc2c(c1)CCCO2.Cc1cc(C(C)C)c(C)c2c1OCCC2.Cc1cc(C(C)C)c(C)c2c1OCCC2.Cc1cc2c(cc1C(C)C)CCCO2. The number of hydrogen-bond donors (Lipinski definition) is 0. The highest BCUT2D eigenvalue weighted by molar-refractivity contribution is 6.31. The smallest absolute Gasteiger partial charge is 0.280 e. The Bertz CT molecular complexity index is 3080. The van der Waals surface area contributed by atoms with Gasteiger partial charge in [-0.05, 0) is 254 Å². The fourth-order valence-electron chi connectivity index (χ4n) is 12.5. The molecule has 6 aliphatic heterocycles. The predicted molar refractivity (Wildman–Crippen MR) is 355 cm³/mol. The Morgan fingerprint density at radius 1 is 0.372 bits per heavy atom. The summed E-state index contributed by atoms with van der Waals surface area (Å²) in [6, 6.07) is 24.9. The third-order valence-corrected chi connectivity index (χ3v) is 17.9. The molecule has 0 atom stereocenters. The molecule has 0 unspecified atom stereocenters. The summed E-state index contributed by atoms with van der Waals surface area (Å²) in [6.45, 7) is 41.7. The molecule has 0 fully saturated rings. The van der Waals surface area contributed by atoms with Crippen LogP contribution >= 0.6 is 11.6 Å². The van der Waals surface area contributed by atoms with E-state index < -0.39 is 5.92 Å². The van der Waals surface area contributed by atoms with Crippen molar-refractivity contribution in [1.29, 1.82) is 0 Å². The van der Waals surface area contributed by atoms with Crippen LogP contribution in [-0.4, -0.2) is 39.6 Å². The van der Waals surface area contributed by atoms with Gasteiger partial charge in [-0.25, -0.2) is 8.78 Å². The van der Waals surface area contributed by atoms with Gasteiger partial charge in [-0.2, -0.15) is 0 Å². The molecule has 468 valence electrons. The lowest BCUT2D eigenvalue weighted by Crippen LogP contribution is -2.24. The molecule has 0 aromatic heterocycles. The monoisotopic (exact) mass is 1200 g/mol. The van der Waals surface area contributed by atoms with E-state index in [-0.39, 0.29) is 24.5 Å². The third-order valence-electron chi connectivity index (χ3n) is 17.6. The Kier molecular flexibility index (Phi) is 24.4. The zero-order valence-corrected chi connectivity index (χ0v) is 56.3. The highest BCUT2D eigenvalue weighted by Crippen LogP contribution is 2.43. The standard InChI is InChI=1S/2C14H20O.C13H18O.C12H15ClO.C12H14F2O.C12H16O/c2*1-9(2)13-8-10(3)14-12(11(13)4)6-5-7-15-14;1-9(2)12-8-11-5-4-6-14-13(11)7-10(12)3;1-8(2)10-6-9-4-3-5-14-12(9)7-11(10)13;1-8(2)9-3-4-11-10(7-9)12(13,14)5-6-15-11;1-9(2)10-5-6-12-11(8-10)4-3-7-13-12/h2*8-9H,5-7H2,1-4H3;7-9H,4-6H2,1-3H3;6-8H,3-5H2,1-2H3;3-4,7-8H,5-6H2,1-2H3;5-6,8-9H,3-4,7H2,1-2H3. The summed E-state index contributed by atoms with van der Waals surface area (Å²) >= 11 is 6.18. The van der Waals surface area contributed by atoms with Crippen molar-refractivity contribution in [2.24, 2.45) is 0 Å². The Labute approximate surface area is 522 Å². The van der Waals surface area contributed by atoms with Crippen LogP contribution in [0.1, 0.15) is 252 Å². The van der Waals surface area contributed by atoms with Gasteiger partial charge >= 0.3 is 0 Å². The summed E-state index contributed by atoms with van der Waals surface area (Å²) < 4.78 is 60.6.